The Balaban J connectivity index is 1.63. The van der Waals surface area contributed by atoms with Crippen molar-refractivity contribution in [3.63, 3.8) is 0 Å². The van der Waals surface area contributed by atoms with Crippen LogP contribution in [0.25, 0.3) is 11.3 Å². The first-order valence-corrected chi connectivity index (χ1v) is 15.6. The first-order valence-electron chi connectivity index (χ1n) is 14.8. The van der Waals surface area contributed by atoms with Crippen molar-refractivity contribution in [3.8, 4) is 17.1 Å². The van der Waals surface area contributed by atoms with Crippen molar-refractivity contribution < 1.29 is 28.9 Å². The topological polar surface area (TPSA) is 123 Å². The number of aromatic nitrogens is 2. The summed E-state index contributed by atoms with van der Waals surface area (Å²) in [7, 11) is 1.65. The molecule has 0 saturated heterocycles. The van der Waals surface area contributed by atoms with Crippen LogP contribution in [0.3, 0.4) is 0 Å². The van der Waals surface area contributed by atoms with Crippen molar-refractivity contribution in [1.82, 2.24) is 14.9 Å². The van der Waals surface area contributed by atoms with Gasteiger partial charge in [0.05, 0.1) is 31.0 Å². The van der Waals surface area contributed by atoms with Gasteiger partial charge in [0.15, 0.2) is 0 Å². The summed E-state index contributed by atoms with van der Waals surface area (Å²) < 4.78 is 21.2. The molecule has 242 valence electrons. The van der Waals surface area contributed by atoms with Crippen LogP contribution < -0.4 is 9.46 Å². The van der Waals surface area contributed by atoms with E-state index in [4.69, 9.17) is 19.2 Å². The van der Waals surface area contributed by atoms with E-state index in [2.05, 4.69) is 9.71 Å². The molecule has 46 heavy (non-hydrogen) atoms. The second-order valence-electron chi connectivity index (χ2n) is 11.8. The number of aryl methyl sites for hydroxylation is 2. The highest BCUT2D eigenvalue weighted by Crippen LogP contribution is 2.30. The largest absolute Gasteiger partial charge is 0.478 e. The third-order valence-electron chi connectivity index (χ3n) is 6.67. The highest BCUT2D eigenvalue weighted by atomic mass is 32.2. The number of likely N-dealkylation sites (N-methyl/N-ethyl adjacent to an activating group) is 1. The third kappa shape index (κ3) is 10.2. The van der Waals surface area contributed by atoms with Gasteiger partial charge in [-0.2, -0.15) is 4.98 Å². The Morgan fingerprint density at radius 2 is 1.65 bits per heavy atom. The third-order valence-corrected chi connectivity index (χ3v) is 7.44. The molecule has 1 aromatic heterocycles. The molecule has 0 aliphatic rings. The van der Waals surface area contributed by atoms with E-state index in [0.29, 0.717) is 17.2 Å². The number of carbonyl (C=O) groups is 2. The fourth-order valence-electron chi connectivity index (χ4n) is 4.57. The molecular formula is C35H40N4O6S. The molecule has 0 aliphatic carbocycles. The van der Waals surface area contributed by atoms with Crippen molar-refractivity contribution in [3.05, 3.63) is 101 Å². The maximum atomic E-state index is 12.8. The van der Waals surface area contributed by atoms with Gasteiger partial charge in [0.1, 0.15) is 11.7 Å². The SMILES string of the molecule is Cc1cccc(C)c1-c1cc(OC(COCc2ccccc2)CN(C)C(=O)OC(C)(C)C)nc(NSc2cccc(C(=O)O)c2)n1. The van der Waals surface area contributed by atoms with Crippen molar-refractivity contribution in [2.24, 2.45) is 0 Å². The number of aromatic carboxylic acids is 1. The lowest BCUT2D eigenvalue weighted by Crippen LogP contribution is -2.42. The molecule has 0 aliphatic heterocycles. The highest BCUT2D eigenvalue weighted by molar-refractivity contribution is 8.00. The van der Waals surface area contributed by atoms with Crippen molar-refractivity contribution >= 4 is 30.0 Å². The number of rotatable bonds is 13. The number of carbonyl (C=O) groups excluding carboxylic acids is 1. The second-order valence-corrected chi connectivity index (χ2v) is 12.7. The number of hydrogen-bond donors (Lipinski definition) is 2. The monoisotopic (exact) mass is 644 g/mol. The summed E-state index contributed by atoms with van der Waals surface area (Å²) in [5.41, 5.74) is 4.19. The minimum Gasteiger partial charge on any atom is -0.478 e. The summed E-state index contributed by atoms with van der Waals surface area (Å²) in [4.78, 5) is 35.8. The van der Waals surface area contributed by atoms with Gasteiger partial charge in [-0.25, -0.2) is 14.6 Å². The molecule has 1 heterocycles. The maximum Gasteiger partial charge on any atom is 0.410 e. The zero-order valence-corrected chi connectivity index (χ0v) is 27.8. The molecular weight excluding hydrogens is 604 g/mol. The molecule has 11 heteroatoms. The summed E-state index contributed by atoms with van der Waals surface area (Å²) in [5, 5.41) is 9.39. The van der Waals surface area contributed by atoms with E-state index in [1.807, 2.05) is 83.1 Å². The minimum atomic E-state index is -1.01. The Hall–Kier alpha value is -4.61. The number of carboxylic acids is 1. The maximum absolute atomic E-state index is 12.8. The molecule has 3 aromatic carbocycles. The van der Waals surface area contributed by atoms with E-state index < -0.39 is 23.8 Å². The van der Waals surface area contributed by atoms with Gasteiger partial charge in [0, 0.05) is 23.6 Å². The van der Waals surface area contributed by atoms with Crippen molar-refractivity contribution in [2.45, 2.75) is 57.8 Å². The summed E-state index contributed by atoms with van der Waals surface area (Å²) in [6.07, 6.45) is -1.08. The number of benzene rings is 3. The van der Waals surface area contributed by atoms with Crippen LogP contribution in [0, 0.1) is 13.8 Å². The number of carboxylic acid groups (broad SMARTS) is 1. The van der Waals surface area contributed by atoms with Gasteiger partial charge in [-0.1, -0.05) is 54.6 Å². The summed E-state index contributed by atoms with van der Waals surface area (Å²) in [5.74, 6) is -0.463. The van der Waals surface area contributed by atoms with Crippen molar-refractivity contribution in [1.29, 1.82) is 0 Å². The fraction of sp³-hybridized carbons (Fsp3) is 0.314. The molecule has 0 bridgehead atoms. The van der Waals surface area contributed by atoms with E-state index in [0.717, 1.165) is 22.3 Å². The average Bonchev–Trinajstić information content (AvgIpc) is 2.99. The lowest BCUT2D eigenvalue weighted by molar-refractivity contribution is 0.00362. The zero-order chi connectivity index (χ0) is 33.3. The van der Waals surface area contributed by atoms with Gasteiger partial charge < -0.3 is 24.2 Å². The predicted octanol–water partition coefficient (Wildman–Crippen LogP) is 7.41. The first kappa shape index (κ1) is 34.3. The van der Waals surface area contributed by atoms with Crippen molar-refractivity contribution in [2.75, 3.05) is 24.9 Å². The molecule has 4 rings (SSSR count). The van der Waals surface area contributed by atoms with E-state index in [1.54, 1.807) is 31.3 Å². The standard InChI is InChI=1S/C35H40N4O6S/c1-23-12-10-13-24(2)31(23)29-19-30(37-33(36-29)38-46-28-17-11-16-26(18-28)32(40)41)44-27(20-39(6)34(42)45-35(3,4)5)22-43-21-25-14-8-7-9-15-25/h7-19,27H,20-22H2,1-6H3,(H,40,41)(H,36,37,38). The van der Waals surface area contributed by atoms with E-state index in [9.17, 15) is 14.7 Å². The molecule has 0 radical (unpaired) electrons. The smallest absolute Gasteiger partial charge is 0.410 e. The number of ether oxygens (including phenoxy) is 3. The zero-order valence-electron chi connectivity index (χ0n) is 26.9. The van der Waals surface area contributed by atoms with Crippen LogP contribution in [0.15, 0.2) is 83.8 Å². The number of amides is 1. The van der Waals surface area contributed by atoms with Crippen LogP contribution in [0.1, 0.15) is 47.8 Å². The molecule has 4 aromatic rings. The van der Waals surface area contributed by atoms with Gasteiger partial charge in [0.25, 0.3) is 0 Å². The number of hydrogen-bond acceptors (Lipinski definition) is 9. The van der Waals surface area contributed by atoms with Gasteiger partial charge >= 0.3 is 12.1 Å². The van der Waals surface area contributed by atoms with Gasteiger partial charge in [-0.15, -0.1) is 0 Å². The minimum absolute atomic E-state index is 0.171. The Bertz CT molecular complexity index is 1620. The Labute approximate surface area is 274 Å². The van der Waals surface area contributed by atoms with E-state index in [-0.39, 0.29) is 30.5 Å². The van der Waals surface area contributed by atoms with Crippen LogP contribution in [0.4, 0.5) is 10.7 Å². The van der Waals surface area contributed by atoms with Crippen LogP contribution >= 0.6 is 11.9 Å². The molecule has 1 amide bonds. The van der Waals surface area contributed by atoms with Gasteiger partial charge in [0.2, 0.25) is 11.8 Å². The van der Waals surface area contributed by atoms with Crippen LogP contribution in [-0.4, -0.2) is 63.9 Å². The molecule has 1 atom stereocenters. The Morgan fingerprint density at radius 1 is 0.957 bits per heavy atom. The first-order chi connectivity index (χ1) is 21.9. The average molecular weight is 645 g/mol. The highest BCUT2D eigenvalue weighted by Gasteiger charge is 2.24. The van der Waals surface area contributed by atoms with E-state index in [1.165, 1.54) is 22.9 Å². The van der Waals surface area contributed by atoms with Gasteiger partial charge in [-0.05, 0) is 81.5 Å². The predicted molar refractivity (Wildman–Crippen MR) is 179 cm³/mol. The fourth-order valence-corrected chi connectivity index (χ4v) is 5.20. The number of nitrogens with zero attached hydrogens (tertiary/aromatic N) is 3. The molecule has 0 spiro atoms. The molecule has 2 N–H and O–H groups in total. The Kier molecular flexibility index (Phi) is 11.6. The molecule has 0 fully saturated rings. The number of nitrogens with one attached hydrogen (secondary N) is 1. The number of anilines is 1. The molecule has 0 saturated carbocycles. The van der Waals surface area contributed by atoms with Crippen LogP contribution in [0.2, 0.25) is 0 Å². The summed E-state index contributed by atoms with van der Waals surface area (Å²) >= 11 is 1.19. The lowest BCUT2D eigenvalue weighted by atomic mass is 10.00. The quantitative estimate of drug-likeness (QED) is 0.142. The van der Waals surface area contributed by atoms with Gasteiger partial charge in [-0.3, -0.25) is 4.72 Å². The molecule has 1 unspecified atom stereocenters. The Morgan fingerprint density at radius 3 is 2.33 bits per heavy atom. The second kappa shape index (κ2) is 15.6. The molecule has 10 nitrogen and oxygen atoms in total. The van der Waals surface area contributed by atoms with Crippen LogP contribution in [0.5, 0.6) is 5.88 Å². The van der Waals surface area contributed by atoms with E-state index >= 15 is 0 Å². The summed E-state index contributed by atoms with van der Waals surface area (Å²) in [6.45, 7) is 10.2. The normalized spacial score (nSPS) is 11.9. The van der Waals surface area contributed by atoms with Crippen LogP contribution in [-0.2, 0) is 16.1 Å². The summed E-state index contributed by atoms with van der Waals surface area (Å²) in [6, 6.07) is 24.2. The lowest BCUT2D eigenvalue weighted by Gasteiger charge is -2.28.